The fourth-order valence-electron chi connectivity index (χ4n) is 1.84. The van der Waals surface area contributed by atoms with Gasteiger partial charge in [-0.2, -0.15) is 0 Å². The van der Waals surface area contributed by atoms with Gasteiger partial charge >= 0.3 is 0 Å². The first-order chi connectivity index (χ1) is 8.58. The Morgan fingerprint density at radius 2 is 2.17 bits per heavy atom. The van der Waals surface area contributed by atoms with E-state index in [2.05, 4.69) is 12.2 Å². The minimum absolute atomic E-state index is 0.0641. The molecular weight excluding hydrogens is 231 g/mol. The lowest BCUT2D eigenvalue weighted by molar-refractivity contribution is -0.120. The summed E-state index contributed by atoms with van der Waals surface area (Å²) in [5.41, 5.74) is 6.17. The molecule has 3 nitrogen and oxygen atoms in total. The molecule has 1 aromatic carbocycles. The van der Waals surface area contributed by atoms with Crippen molar-refractivity contribution >= 4 is 17.3 Å². The van der Waals surface area contributed by atoms with Crippen LogP contribution in [0.2, 0.25) is 0 Å². The van der Waals surface area contributed by atoms with Crippen molar-refractivity contribution < 1.29 is 9.18 Å². The number of anilines is 2. The predicted molar refractivity (Wildman–Crippen MR) is 72.7 cm³/mol. The van der Waals surface area contributed by atoms with Gasteiger partial charge in [-0.1, -0.05) is 26.7 Å². The fraction of sp³-hybridized carbons (Fsp3) is 0.500. The summed E-state index contributed by atoms with van der Waals surface area (Å²) >= 11 is 0. The monoisotopic (exact) mass is 252 g/mol. The highest BCUT2D eigenvalue weighted by Crippen LogP contribution is 2.20. The summed E-state index contributed by atoms with van der Waals surface area (Å²) in [7, 11) is 0. The zero-order valence-electron chi connectivity index (χ0n) is 11.0. The van der Waals surface area contributed by atoms with E-state index in [1.165, 1.54) is 18.2 Å². The Labute approximate surface area is 108 Å². The number of amides is 1. The molecule has 1 aromatic rings. The van der Waals surface area contributed by atoms with E-state index in [0.29, 0.717) is 5.69 Å². The predicted octanol–water partition coefficient (Wildman–Crippen LogP) is 3.56. The Morgan fingerprint density at radius 3 is 2.78 bits per heavy atom. The molecule has 0 aliphatic carbocycles. The van der Waals surface area contributed by atoms with Crippen molar-refractivity contribution in [3.8, 4) is 0 Å². The van der Waals surface area contributed by atoms with Crippen molar-refractivity contribution in [3.63, 3.8) is 0 Å². The van der Waals surface area contributed by atoms with Crippen LogP contribution in [0.3, 0.4) is 0 Å². The van der Waals surface area contributed by atoms with E-state index >= 15 is 0 Å². The number of hydrogen-bond acceptors (Lipinski definition) is 2. The Morgan fingerprint density at radius 1 is 1.44 bits per heavy atom. The van der Waals surface area contributed by atoms with Gasteiger partial charge in [-0.05, 0) is 31.0 Å². The number of nitrogen functional groups attached to an aromatic ring is 1. The Balaban J connectivity index is 2.70. The molecule has 0 saturated heterocycles. The molecule has 18 heavy (non-hydrogen) atoms. The van der Waals surface area contributed by atoms with Gasteiger partial charge in [0, 0.05) is 11.6 Å². The van der Waals surface area contributed by atoms with Gasteiger partial charge in [0.15, 0.2) is 0 Å². The molecule has 0 aliphatic rings. The molecule has 1 amide bonds. The molecule has 4 heteroatoms. The second-order valence-electron chi connectivity index (χ2n) is 4.48. The number of rotatable bonds is 6. The lowest BCUT2D eigenvalue weighted by atomic mass is 9.98. The Kier molecular flexibility index (Phi) is 5.62. The zero-order valence-corrected chi connectivity index (χ0v) is 11.0. The first-order valence-electron chi connectivity index (χ1n) is 6.44. The summed E-state index contributed by atoms with van der Waals surface area (Å²) < 4.78 is 13.5. The average Bonchev–Trinajstić information content (AvgIpc) is 2.35. The van der Waals surface area contributed by atoms with Crippen LogP contribution in [-0.2, 0) is 4.79 Å². The second-order valence-corrected chi connectivity index (χ2v) is 4.48. The van der Waals surface area contributed by atoms with Gasteiger partial charge in [0.25, 0.3) is 0 Å². The minimum Gasteiger partial charge on any atom is -0.399 e. The van der Waals surface area contributed by atoms with E-state index in [1.807, 2.05) is 6.92 Å². The number of hydrogen-bond donors (Lipinski definition) is 2. The largest absolute Gasteiger partial charge is 0.399 e. The molecule has 1 rings (SSSR count). The summed E-state index contributed by atoms with van der Waals surface area (Å²) in [6.45, 7) is 4.05. The molecule has 0 fully saturated rings. The summed E-state index contributed by atoms with van der Waals surface area (Å²) in [6, 6.07) is 4.18. The highest BCUT2D eigenvalue weighted by molar-refractivity contribution is 5.93. The van der Waals surface area contributed by atoms with Gasteiger partial charge < -0.3 is 11.1 Å². The maximum atomic E-state index is 13.5. The van der Waals surface area contributed by atoms with Crippen molar-refractivity contribution in [1.29, 1.82) is 0 Å². The lowest BCUT2D eigenvalue weighted by Crippen LogP contribution is -2.23. The third-order valence-corrected chi connectivity index (χ3v) is 3.02. The number of benzene rings is 1. The summed E-state index contributed by atoms with van der Waals surface area (Å²) in [5.74, 6) is -0.649. The van der Waals surface area contributed by atoms with E-state index in [4.69, 9.17) is 5.73 Å². The van der Waals surface area contributed by atoms with Gasteiger partial charge in [0.1, 0.15) is 5.82 Å². The van der Waals surface area contributed by atoms with Gasteiger partial charge in [-0.3, -0.25) is 4.79 Å². The molecule has 3 N–H and O–H groups in total. The van der Waals surface area contributed by atoms with Crippen LogP contribution in [0.15, 0.2) is 18.2 Å². The smallest absolute Gasteiger partial charge is 0.227 e. The molecule has 1 atom stereocenters. The Hall–Kier alpha value is -1.58. The standard InChI is InChI=1S/C14H21FN2O/c1-3-5-6-10(4-2)14(18)17-13-9-11(16)7-8-12(13)15/h7-10H,3-6,16H2,1-2H3,(H,17,18). The molecule has 0 spiro atoms. The van der Waals surface area contributed by atoms with Crippen LogP contribution in [0.4, 0.5) is 15.8 Å². The first kappa shape index (κ1) is 14.5. The van der Waals surface area contributed by atoms with E-state index in [-0.39, 0.29) is 17.5 Å². The van der Waals surface area contributed by atoms with Gasteiger partial charge in [0.05, 0.1) is 5.69 Å². The minimum atomic E-state index is -0.456. The van der Waals surface area contributed by atoms with Crippen LogP contribution in [0.25, 0.3) is 0 Å². The van der Waals surface area contributed by atoms with Crippen molar-refractivity contribution in [3.05, 3.63) is 24.0 Å². The van der Waals surface area contributed by atoms with Gasteiger partial charge in [-0.15, -0.1) is 0 Å². The maximum absolute atomic E-state index is 13.5. The number of nitrogens with one attached hydrogen (secondary N) is 1. The lowest BCUT2D eigenvalue weighted by Gasteiger charge is -2.15. The van der Waals surface area contributed by atoms with E-state index in [1.54, 1.807) is 0 Å². The van der Waals surface area contributed by atoms with Crippen molar-refractivity contribution in [2.75, 3.05) is 11.1 Å². The van der Waals surface area contributed by atoms with Crippen LogP contribution in [-0.4, -0.2) is 5.91 Å². The molecule has 100 valence electrons. The summed E-state index contributed by atoms with van der Waals surface area (Å²) in [4.78, 5) is 12.0. The van der Waals surface area contributed by atoms with Crippen molar-refractivity contribution in [2.45, 2.75) is 39.5 Å². The van der Waals surface area contributed by atoms with Crippen molar-refractivity contribution in [1.82, 2.24) is 0 Å². The molecular formula is C14H21FN2O. The van der Waals surface area contributed by atoms with E-state index in [9.17, 15) is 9.18 Å². The second kappa shape index (κ2) is 6.99. The number of nitrogens with two attached hydrogens (primary N) is 1. The maximum Gasteiger partial charge on any atom is 0.227 e. The average molecular weight is 252 g/mol. The van der Waals surface area contributed by atoms with Gasteiger partial charge in [-0.25, -0.2) is 4.39 Å². The summed E-state index contributed by atoms with van der Waals surface area (Å²) in [6.07, 6.45) is 3.65. The molecule has 0 heterocycles. The van der Waals surface area contributed by atoms with Crippen LogP contribution < -0.4 is 11.1 Å². The number of unbranched alkanes of at least 4 members (excludes halogenated alkanes) is 1. The number of carbonyl (C=O) groups is 1. The quantitative estimate of drug-likeness (QED) is 0.760. The number of carbonyl (C=O) groups excluding carboxylic acids is 1. The van der Waals surface area contributed by atoms with Gasteiger partial charge in [0.2, 0.25) is 5.91 Å². The SMILES string of the molecule is CCCCC(CC)C(=O)Nc1cc(N)ccc1F. The molecule has 0 radical (unpaired) electrons. The molecule has 0 aliphatic heterocycles. The Bertz CT molecular complexity index is 407. The first-order valence-corrected chi connectivity index (χ1v) is 6.44. The third-order valence-electron chi connectivity index (χ3n) is 3.02. The van der Waals surface area contributed by atoms with E-state index in [0.717, 1.165) is 25.7 Å². The molecule has 0 aromatic heterocycles. The molecule has 0 saturated carbocycles. The fourth-order valence-corrected chi connectivity index (χ4v) is 1.84. The topological polar surface area (TPSA) is 55.1 Å². The van der Waals surface area contributed by atoms with Crippen LogP contribution in [0.5, 0.6) is 0 Å². The highest BCUT2D eigenvalue weighted by atomic mass is 19.1. The van der Waals surface area contributed by atoms with Crippen LogP contribution in [0.1, 0.15) is 39.5 Å². The normalized spacial score (nSPS) is 12.2. The molecule has 0 bridgehead atoms. The van der Waals surface area contributed by atoms with Crippen LogP contribution >= 0.6 is 0 Å². The van der Waals surface area contributed by atoms with E-state index < -0.39 is 5.82 Å². The third kappa shape index (κ3) is 4.02. The van der Waals surface area contributed by atoms with Crippen molar-refractivity contribution in [2.24, 2.45) is 5.92 Å². The summed E-state index contributed by atoms with van der Waals surface area (Å²) in [5, 5.41) is 2.62. The van der Waals surface area contributed by atoms with Crippen LogP contribution in [0, 0.1) is 11.7 Å². The molecule has 1 unspecified atom stereocenters. The number of halogens is 1. The zero-order chi connectivity index (χ0) is 13.5. The highest BCUT2D eigenvalue weighted by Gasteiger charge is 2.17.